The highest BCUT2D eigenvalue weighted by Crippen LogP contribution is 2.26. The van der Waals surface area contributed by atoms with Gasteiger partial charge in [-0.3, -0.25) is 4.68 Å². The van der Waals surface area contributed by atoms with Crippen molar-refractivity contribution in [3.63, 3.8) is 0 Å². The van der Waals surface area contributed by atoms with Gasteiger partial charge in [0, 0.05) is 19.2 Å². The van der Waals surface area contributed by atoms with Crippen LogP contribution in [0.3, 0.4) is 0 Å². The molecule has 0 aliphatic carbocycles. The second-order valence-electron chi connectivity index (χ2n) is 4.21. The number of ether oxygens (including phenoxy) is 1. The van der Waals surface area contributed by atoms with Gasteiger partial charge >= 0.3 is 0 Å². The van der Waals surface area contributed by atoms with Crippen molar-refractivity contribution in [1.29, 1.82) is 0 Å². The Labute approximate surface area is 107 Å². The SMILES string of the molecule is CCOc1ccc(-c2nn(C)c(CN)c2C)cc1. The summed E-state index contributed by atoms with van der Waals surface area (Å²) < 4.78 is 7.28. The maximum atomic E-state index is 5.73. The van der Waals surface area contributed by atoms with Crippen LogP contribution >= 0.6 is 0 Å². The van der Waals surface area contributed by atoms with Crippen molar-refractivity contribution in [2.45, 2.75) is 20.4 Å². The molecule has 1 aromatic carbocycles. The first-order valence-corrected chi connectivity index (χ1v) is 6.13. The van der Waals surface area contributed by atoms with E-state index in [1.54, 1.807) is 0 Å². The first-order chi connectivity index (χ1) is 8.67. The summed E-state index contributed by atoms with van der Waals surface area (Å²) in [5, 5.41) is 4.52. The van der Waals surface area contributed by atoms with Crippen molar-refractivity contribution in [2.75, 3.05) is 6.61 Å². The van der Waals surface area contributed by atoms with E-state index < -0.39 is 0 Å². The van der Waals surface area contributed by atoms with Crippen molar-refractivity contribution in [2.24, 2.45) is 12.8 Å². The molecule has 18 heavy (non-hydrogen) atoms. The number of aryl methyl sites for hydroxylation is 1. The quantitative estimate of drug-likeness (QED) is 0.898. The lowest BCUT2D eigenvalue weighted by Crippen LogP contribution is -2.05. The topological polar surface area (TPSA) is 53.1 Å². The van der Waals surface area contributed by atoms with E-state index in [0.29, 0.717) is 13.2 Å². The van der Waals surface area contributed by atoms with Crippen LogP contribution in [0.5, 0.6) is 5.75 Å². The summed E-state index contributed by atoms with van der Waals surface area (Å²) >= 11 is 0. The van der Waals surface area contributed by atoms with Crippen molar-refractivity contribution < 1.29 is 4.74 Å². The van der Waals surface area contributed by atoms with Crippen LogP contribution in [0.25, 0.3) is 11.3 Å². The average Bonchev–Trinajstić information content (AvgIpc) is 2.66. The Morgan fingerprint density at radius 2 is 1.94 bits per heavy atom. The summed E-state index contributed by atoms with van der Waals surface area (Å²) in [7, 11) is 1.92. The van der Waals surface area contributed by atoms with Crippen molar-refractivity contribution in [3.05, 3.63) is 35.5 Å². The molecule has 2 N–H and O–H groups in total. The average molecular weight is 245 g/mol. The molecule has 1 aromatic heterocycles. The molecular weight excluding hydrogens is 226 g/mol. The second kappa shape index (κ2) is 5.23. The zero-order chi connectivity index (χ0) is 13.1. The molecule has 0 fully saturated rings. The minimum absolute atomic E-state index is 0.506. The Bertz CT molecular complexity index is 529. The molecular formula is C14H19N3O. The van der Waals surface area contributed by atoms with Crippen molar-refractivity contribution >= 4 is 0 Å². The molecule has 0 aliphatic heterocycles. The molecule has 96 valence electrons. The fourth-order valence-electron chi connectivity index (χ4n) is 2.10. The van der Waals surface area contributed by atoms with Crippen LogP contribution in [0.1, 0.15) is 18.2 Å². The largest absolute Gasteiger partial charge is 0.494 e. The Balaban J connectivity index is 2.36. The lowest BCUT2D eigenvalue weighted by molar-refractivity contribution is 0.340. The van der Waals surface area contributed by atoms with Crippen LogP contribution in [0.15, 0.2) is 24.3 Å². The number of hydrogen-bond donors (Lipinski definition) is 1. The lowest BCUT2D eigenvalue weighted by Gasteiger charge is -2.04. The molecule has 2 rings (SSSR count). The van der Waals surface area contributed by atoms with Gasteiger partial charge < -0.3 is 10.5 Å². The molecule has 0 saturated heterocycles. The predicted molar refractivity (Wildman–Crippen MR) is 72.4 cm³/mol. The van der Waals surface area contributed by atoms with Gasteiger partial charge in [-0.1, -0.05) is 0 Å². The zero-order valence-electron chi connectivity index (χ0n) is 11.1. The Hall–Kier alpha value is -1.81. The first kappa shape index (κ1) is 12.6. The van der Waals surface area contributed by atoms with Crippen molar-refractivity contribution in [3.8, 4) is 17.0 Å². The highest BCUT2D eigenvalue weighted by Gasteiger charge is 2.12. The summed E-state index contributed by atoms with van der Waals surface area (Å²) in [6.07, 6.45) is 0. The van der Waals surface area contributed by atoms with Gasteiger partial charge in [-0.05, 0) is 43.7 Å². The molecule has 0 radical (unpaired) electrons. The summed E-state index contributed by atoms with van der Waals surface area (Å²) in [6, 6.07) is 7.99. The van der Waals surface area contributed by atoms with Gasteiger partial charge in [0.1, 0.15) is 5.75 Å². The third kappa shape index (κ3) is 2.24. The van der Waals surface area contributed by atoms with Crippen LogP contribution < -0.4 is 10.5 Å². The van der Waals surface area contributed by atoms with Crippen LogP contribution in [-0.4, -0.2) is 16.4 Å². The van der Waals surface area contributed by atoms with Gasteiger partial charge in [-0.15, -0.1) is 0 Å². The van der Waals surface area contributed by atoms with Crippen LogP contribution in [-0.2, 0) is 13.6 Å². The molecule has 4 nitrogen and oxygen atoms in total. The van der Waals surface area contributed by atoms with E-state index in [2.05, 4.69) is 12.0 Å². The highest BCUT2D eigenvalue weighted by atomic mass is 16.5. The van der Waals surface area contributed by atoms with Crippen LogP contribution in [0.4, 0.5) is 0 Å². The Morgan fingerprint density at radius 3 is 2.44 bits per heavy atom. The number of hydrogen-bond acceptors (Lipinski definition) is 3. The standard InChI is InChI=1S/C14H19N3O/c1-4-18-12-7-5-11(6-8-12)14-10(2)13(9-15)17(3)16-14/h5-8H,4,9,15H2,1-3H3. The van der Waals surface area contributed by atoms with E-state index in [0.717, 1.165) is 28.3 Å². The Kier molecular flexibility index (Phi) is 3.67. The monoisotopic (exact) mass is 245 g/mol. The summed E-state index contributed by atoms with van der Waals surface area (Å²) in [6.45, 7) is 5.22. The second-order valence-corrected chi connectivity index (χ2v) is 4.21. The van der Waals surface area contributed by atoms with E-state index in [9.17, 15) is 0 Å². The third-order valence-corrected chi connectivity index (χ3v) is 3.06. The van der Waals surface area contributed by atoms with Gasteiger partial charge in [0.15, 0.2) is 0 Å². The van der Waals surface area contributed by atoms with E-state index >= 15 is 0 Å². The smallest absolute Gasteiger partial charge is 0.119 e. The zero-order valence-corrected chi connectivity index (χ0v) is 11.1. The lowest BCUT2D eigenvalue weighted by atomic mass is 10.1. The molecule has 0 bridgehead atoms. The molecule has 1 heterocycles. The fourth-order valence-corrected chi connectivity index (χ4v) is 2.10. The van der Waals surface area contributed by atoms with Gasteiger partial charge in [-0.2, -0.15) is 5.10 Å². The number of aromatic nitrogens is 2. The fraction of sp³-hybridized carbons (Fsp3) is 0.357. The molecule has 0 atom stereocenters. The van der Waals surface area contributed by atoms with Gasteiger partial charge in [0.25, 0.3) is 0 Å². The highest BCUT2D eigenvalue weighted by molar-refractivity contribution is 5.64. The number of rotatable bonds is 4. The number of nitrogens with zero attached hydrogens (tertiary/aromatic N) is 2. The molecule has 0 aliphatic rings. The molecule has 0 unspecified atom stereocenters. The van der Waals surface area contributed by atoms with E-state index in [-0.39, 0.29) is 0 Å². The van der Waals surface area contributed by atoms with E-state index in [4.69, 9.17) is 10.5 Å². The van der Waals surface area contributed by atoms with Crippen molar-refractivity contribution in [1.82, 2.24) is 9.78 Å². The first-order valence-electron chi connectivity index (χ1n) is 6.13. The summed E-state index contributed by atoms with van der Waals surface area (Å²) in [4.78, 5) is 0. The minimum Gasteiger partial charge on any atom is -0.494 e. The maximum absolute atomic E-state index is 5.73. The van der Waals surface area contributed by atoms with E-state index in [1.165, 1.54) is 0 Å². The molecule has 4 heteroatoms. The molecule has 2 aromatic rings. The molecule has 0 amide bonds. The number of nitrogens with two attached hydrogens (primary N) is 1. The van der Waals surface area contributed by atoms with E-state index in [1.807, 2.05) is 42.9 Å². The van der Waals surface area contributed by atoms with Gasteiger partial charge in [0.05, 0.1) is 18.0 Å². The maximum Gasteiger partial charge on any atom is 0.119 e. The Morgan fingerprint density at radius 1 is 1.28 bits per heavy atom. The number of benzene rings is 1. The summed E-state index contributed by atoms with van der Waals surface area (Å²) in [5.41, 5.74) is 10.0. The normalized spacial score (nSPS) is 10.7. The minimum atomic E-state index is 0.506. The molecule has 0 saturated carbocycles. The van der Waals surface area contributed by atoms with Gasteiger partial charge in [0.2, 0.25) is 0 Å². The van der Waals surface area contributed by atoms with Crippen LogP contribution in [0, 0.1) is 6.92 Å². The third-order valence-electron chi connectivity index (χ3n) is 3.06. The summed E-state index contributed by atoms with van der Waals surface area (Å²) in [5.74, 6) is 0.883. The van der Waals surface area contributed by atoms with Gasteiger partial charge in [-0.25, -0.2) is 0 Å². The van der Waals surface area contributed by atoms with Crippen LogP contribution in [0.2, 0.25) is 0 Å². The molecule has 0 spiro atoms. The predicted octanol–water partition coefficient (Wildman–Crippen LogP) is 2.25.